The van der Waals surface area contributed by atoms with E-state index in [-0.39, 0.29) is 30.8 Å². The number of nitrogens with one attached hydrogen (secondary N) is 1. The Labute approximate surface area is 283 Å². The van der Waals surface area contributed by atoms with Gasteiger partial charge in [0.05, 0.1) is 18.2 Å². The molecule has 0 saturated carbocycles. The van der Waals surface area contributed by atoms with Crippen molar-refractivity contribution < 1.29 is 34.4 Å². The molecule has 9 atom stereocenters. The molecule has 1 amide bonds. The van der Waals surface area contributed by atoms with Crippen molar-refractivity contribution in [3.8, 4) is 0 Å². The molecule has 2 aliphatic heterocycles. The molecule has 45 heavy (non-hydrogen) atoms. The van der Waals surface area contributed by atoms with Crippen LogP contribution in [0.1, 0.15) is 130 Å². The van der Waals surface area contributed by atoms with Crippen LogP contribution in [0.5, 0.6) is 0 Å². The highest BCUT2D eigenvalue weighted by Gasteiger charge is 2.50. The van der Waals surface area contributed by atoms with E-state index in [9.17, 15) is 24.9 Å². The highest BCUT2D eigenvalue weighted by Crippen LogP contribution is 2.32. The third kappa shape index (κ3) is 14.6. The highest BCUT2D eigenvalue weighted by molar-refractivity contribution is 7.99. The van der Waals surface area contributed by atoms with Crippen LogP contribution in [0, 0.1) is 5.92 Å². The summed E-state index contributed by atoms with van der Waals surface area (Å²) in [5.74, 6) is -0.203. The van der Waals surface area contributed by atoms with Gasteiger partial charge in [-0.3, -0.25) is 14.5 Å². The smallest absolute Gasteiger partial charge is 0.306 e. The minimum atomic E-state index is -1.46. The number of halogens is 1. The van der Waals surface area contributed by atoms with Crippen molar-refractivity contribution in [2.24, 2.45) is 5.92 Å². The lowest BCUT2D eigenvalue weighted by Gasteiger charge is -2.45. The van der Waals surface area contributed by atoms with Gasteiger partial charge in [-0.25, -0.2) is 0 Å². The van der Waals surface area contributed by atoms with Gasteiger partial charge in [0.2, 0.25) is 5.91 Å². The van der Waals surface area contributed by atoms with Crippen molar-refractivity contribution >= 4 is 36.0 Å². The molecular formula is C34H65ClN2O7S. The number of aliphatic hydroxyl groups is 3. The van der Waals surface area contributed by atoms with E-state index >= 15 is 0 Å². The summed E-state index contributed by atoms with van der Waals surface area (Å²) in [6, 6.07) is -1.27. The number of likely N-dealkylation sites (tertiary alicyclic amines) is 1. The third-order valence-electron chi connectivity index (χ3n) is 9.38. The Hall–Kier alpha value is -0.620. The summed E-state index contributed by atoms with van der Waals surface area (Å²) in [6.45, 7) is 6.75. The van der Waals surface area contributed by atoms with Crippen LogP contribution < -0.4 is 5.32 Å². The van der Waals surface area contributed by atoms with Crippen molar-refractivity contribution in [3.05, 3.63) is 0 Å². The number of hydrogen-bond donors (Lipinski definition) is 4. The van der Waals surface area contributed by atoms with Gasteiger partial charge in [-0.05, 0) is 45.4 Å². The van der Waals surface area contributed by atoms with Crippen LogP contribution in [0.15, 0.2) is 0 Å². The number of rotatable bonds is 22. The van der Waals surface area contributed by atoms with Gasteiger partial charge in [-0.1, -0.05) is 97.3 Å². The number of esters is 1. The number of amides is 1. The summed E-state index contributed by atoms with van der Waals surface area (Å²) in [5.41, 5.74) is -0.754. The maximum atomic E-state index is 13.2. The first-order chi connectivity index (χ1) is 21.1. The van der Waals surface area contributed by atoms with Gasteiger partial charge in [0.25, 0.3) is 0 Å². The zero-order valence-electron chi connectivity index (χ0n) is 28.7. The average molecular weight is 681 g/mol. The number of nitrogens with zero attached hydrogens (tertiary/aromatic N) is 1. The Kier molecular flexibility index (Phi) is 22.3. The first kappa shape index (κ1) is 42.4. The van der Waals surface area contributed by atoms with Crippen LogP contribution in [0.4, 0.5) is 0 Å². The molecule has 9 nitrogen and oxygen atoms in total. The second kappa shape index (κ2) is 23.7. The molecular weight excluding hydrogens is 616 g/mol. The normalized spacial score (nSPS) is 28.3. The molecule has 2 rings (SSSR count). The number of carbonyl (C=O) groups is 2. The molecule has 9 unspecified atom stereocenters. The lowest BCUT2D eigenvalue weighted by Crippen LogP contribution is -2.66. The maximum absolute atomic E-state index is 13.2. The van der Waals surface area contributed by atoms with E-state index in [0.29, 0.717) is 5.92 Å². The third-order valence-corrected chi connectivity index (χ3v) is 10.2. The highest BCUT2D eigenvalue weighted by atomic mass is 35.5. The van der Waals surface area contributed by atoms with Gasteiger partial charge in [0.1, 0.15) is 23.7 Å². The second-order valence-electron chi connectivity index (χ2n) is 13.3. The molecule has 2 saturated heterocycles. The second-order valence-corrected chi connectivity index (χ2v) is 14.2. The Morgan fingerprint density at radius 2 is 1.49 bits per heavy atom. The van der Waals surface area contributed by atoms with E-state index in [0.717, 1.165) is 45.1 Å². The van der Waals surface area contributed by atoms with Gasteiger partial charge < -0.3 is 30.1 Å². The van der Waals surface area contributed by atoms with Crippen molar-refractivity contribution in [2.75, 3.05) is 19.8 Å². The minimum absolute atomic E-state index is 0. The molecule has 0 aromatic heterocycles. The topological polar surface area (TPSA) is 129 Å². The molecule has 2 fully saturated rings. The minimum Gasteiger partial charge on any atom is -0.456 e. The fraction of sp³-hybridized carbons (Fsp3) is 0.941. The monoisotopic (exact) mass is 680 g/mol. The number of carbonyl (C=O) groups excluding carboxylic acids is 2. The number of aliphatic hydroxyl groups excluding tert-OH is 3. The van der Waals surface area contributed by atoms with Crippen molar-refractivity contribution in [1.29, 1.82) is 0 Å². The maximum Gasteiger partial charge on any atom is 0.306 e. The molecule has 0 aliphatic carbocycles. The van der Waals surface area contributed by atoms with Gasteiger partial charge in [0.15, 0.2) is 6.10 Å². The van der Waals surface area contributed by atoms with E-state index in [1.807, 2.05) is 11.9 Å². The van der Waals surface area contributed by atoms with Crippen LogP contribution >= 0.6 is 24.2 Å². The molecule has 0 bridgehead atoms. The van der Waals surface area contributed by atoms with E-state index < -0.39 is 48.0 Å². The zero-order valence-corrected chi connectivity index (χ0v) is 30.3. The molecule has 2 heterocycles. The van der Waals surface area contributed by atoms with Gasteiger partial charge in [0, 0.05) is 13.0 Å². The summed E-state index contributed by atoms with van der Waals surface area (Å²) >= 11 is 1.26. The van der Waals surface area contributed by atoms with E-state index in [1.165, 1.54) is 82.9 Å². The zero-order chi connectivity index (χ0) is 32.5. The molecule has 0 radical (unpaired) electrons. The summed E-state index contributed by atoms with van der Waals surface area (Å²) in [6.07, 6.45) is 14.7. The predicted molar refractivity (Wildman–Crippen MR) is 185 cm³/mol. The van der Waals surface area contributed by atoms with E-state index in [2.05, 4.69) is 19.2 Å². The van der Waals surface area contributed by atoms with Gasteiger partial charge in [-0.15, -0.1) is 24.2 Å². The summed E-state index contributed by atoms with van der Waals surface area (Å²) in [5, 5.41) is 35.6. The number of ether oxygens (including phenoxy) is 2. The number of likely N-dealkylation sites (N-methyl/N-ethyl adjacent to an activating group) is 1. The van der Waals surface area contributed by atoms with Crippen LogP contribution in [0.3, 0.4) is 0 Å². The Bertz CT molecular complexity index is 809. The Balaban J connectivity index is 0.0000101. The molecule has 266 valence electrons. The SMILES string of the molecule is CCCCCCCCCCCCCCCC(=O)OC1C(SC)OC(C(NC(=O)C2CC(CCC)CN2C)C(C)O)C(O)C1O.Cl. The van der Waals surface area contributed by atoms with E-state index in [1.54, 1.807) is 6.26 Å². The average Bonchev–Trinajstić information content (AvgIpc) is 3.36. The lowest BCUT2D eigenvalue weighted by atomic mass is 9.91. The van der Waals surface area contributed by atoms with Crippen molar-refractivity contribution in [1.82, 2.24) is 10.2 Å². The van der Waals surface area contributed by atoms with Crippen molar-refractivity contribution in [3.63, 3.8) is 0 Å². The molecule has 0 spiro atoms. The van der Waals surface area contributed by atoms with Crippen LogP contribution in [-0.2, 0) is 19.1 Å². The van der Waals surface area contributed by atoms with Gasteiger partial charge in [-0.2, -0.15) is 0 Å². The molecule has 0 aromatic carbocycles. The van der Waals surface area contributed by atoms with Crippen molar-refractivity contribution in [2.45, 2.75) is 178 Å². The fourth-order valence-electron chi connectivity index (χ4n) is 6.74. The van der Waals surface area contributed by atoms with Crippen LogP contribution in [0.2, 0.25) is 0 Å². The number of unbranched alkanes of at least 4 members (excludes halogenated alkanes) is 12. The quantitative estimate of drug-likeness (QED) is 0.0854. The summed E-state index contributed by atoms with van der Waals surface area (Å²) < 4.78 is 11.7. The molecule has 4 N–H and O–H groups in total. The Morgan fingerprint density at radius 1 is 0.933 bits per heavy atom. The largest absolute Gasteiger partial charge is 0.456 e. The first-order valence-electron chi connectivity index (χ1n) is 17.6. The fourth-order valence-corrected chi connectivity index (χ4v) is 7.46. The number of hydrogen-bond acceptors (Lipinski definition) is 9. The Morgan fingerprint density at radius 3 is 2.00 bits per heavy atom. The molecule has 11 heteroatoms. The van der Waals surface area contributed by atoms with Gasteiger partial charge >= 0.3 is 5.97 Å². The standard InChI is InChI=1S/C34H64N2O7S.ClH/c1-6-8-9-10-11-12-13-14-15-16-17-18-19-21-27(38)42-32-30(40)29(39)31(43-34(32)44-5)28(24(3)37)35-33(41)26-22-25(20-7-2)23-36(26)4;/h24-26,28-32,34,37,39-40H,6-23H2,1-5H3,(H,35,41);1H. The number of thioether (sulfide) groups is 1. The van der Waals surface area contributed by atoms with Crippen LogP contribution in [0.25, 0.3) is 0 Å². The van der Waals surface area contributed by atoms with E-state index in [4.69, 9.17) is 9.47 Å². The summed E-state index contributed by atoms with van der Waals surface area (Å²) in [7, 11) is 1.92. The predicted octanol–water partition coefficient (Wildman–Crippen LogP) is 5.60. The molecule has 2 aliphatic rings. The lowest BCUT2D eigenvalue weighted by molar-refractivity contribution is -0.223. The molecule has 0 aromatic rings. The first-order valence-corrected chi connectivity index (χ1v) is 18.9. The summed E-state index contributed by atoms with van der Waals surface area (Å²) in [4.78, 5) is 27.9. The van der Waals surface area contributed by atoms with Crippen LogP contribution in [-0.4, -0.2) is 100.0 Å².